The summed E-state index contributed by atoms with van der Waals surface area (Å²) < 4.78 is 0. The van der Waals surface area contributed by atoms with Crippen LogP contribution in [0.25, 0.3) is 0 Å². The lowest BCUT2D eigenvalue weighted by molar-refractivity contribution is 1.03. The van der Waals surface area contributed by atoms with Crippen molar-refractivity contribution < 1.29 is 0 Å². The summed E-state index contributed by atoms with van der Waals surface area (Å²) in [6.45, 7) is 3.60. The topological polar surface area (TPSA) is 26.0 Å². The Morgan fingerprint density at radius 2 is 2.38 bits per heavy atom. The minimum Gasteiger partial charge on any atom is -0.405 e. The number of hydrogen-bond acceptors (Lipinski definition) is 1. The van der Waals surface area contributed by atoms with Crippen LogP contribution in [0.15, 0.2) is 24.3 Å². The first kappa shape index (κ1) is 7.34. The van der Waals surface area contributed by atoms with Gasteiger partial charge in [-0.1, -0.05) is 11.5 Å². The van der Waals surface area contributed by atoms with Gasteiger partial charge in [0, 0.05) is 0 Å². The van der Waals surface area contributed by atoms with E-state index in [-0.39, 0.29) is 0 Å². The van der Waals surface area contributed by atoms with E-state index in [2.05, 4.69) is 6.58 Å². The van der Waals surface area contributed by atoms with Crippen molar-refractivity contribution in [3.8, 4) is 0 Å². The number of rotatable bonds is 3. The lowest BCUT2D eigenvalue weighted by Gasteiger charge is -1.92. The van der Waals surface area contributed by atoms with Gasteiger partial charge in [0.15, 0.2) is 0 Å². The lowest BCUT2D eigenvalue weighted by atomic mass is 9.92. The first-order chi connectivity index (χ1) is 3.81. The van der Waals surface area contributed by atoms with Crippen LogP contribution >= 0.6 is 0 Å². The first-order valence-corrected chi connectivity index (χ1v) is 2.79. The van der Waals surface area contributed by atoms with Crippen LogP contribution < -0.4 is 5.73 Å². The van der Waals surface area contributed by atoms with Crippen LogP contribution in [0.2, 0.25) is 0 Å². The van der Waals surface area contributed by atoms with Gasteiger partial charge in [-0.15, -0.1) is 6.58 Å². The average Bonchev–Trinajstić information content (AvgIpc) is 1.83. The van der Waals surface area contributed by atoms with E-state index in [1.807, 2.05) is 13.9 Å². The fraction of sp³-hybridized carbons (Fsp3) is 0.333. The fourth-order valence-electron chi connectivity index (χ4n) is 0.413. The van der Waals surface area contributed by atoms with Crippen molar-refractivity contribution in [1.82, 2.24) is 0 Å². The molecule has 0 aromatic carbocycles. The number of hydrogen-bond donors (Lipinski definition) is 1. The molecule has 0 radical (unpaired) electrons. The second-order valence-corrected chi connectivity index (χ2v) is 1.84. The smallest absolute Gasteiger partial charge is 0.135 e. The van der Waals surface area contributed by atoms with E-state index in [1.54, 1.807) is 6.20 Å². The van der Waals surface area contributed by atoms with Crippen molar-refractivity contribution in [3.63, 3.8) is 0 Å². The molecule has 44 valence electrons. The summed E-state index contributed by atoms with van der Waals surface area (Å²) in [4.78, 5) is 0. The third-order valence-corrected chi connectivity index (χ3v) is 1.03. The van der Waals surface area contributed by atoms with E-state index < -0.39 is 0 Å². The summed E-state index contributed by atoms with van der Waals surface area (Å²) in [5.74, 6) is 0. The highest BCUT2D eigenvalue weighted by molar-refractivity contribution is 6.21. The van der Waals surface area contributed by atoms with Crippen LogP contribution in [-0.2, 0) is 0 Å². The van der Waals surface area contributed by atoms with E-state index in [1.165, 1.54) is 5.47 Å². The summed E-state index contributed by atoms with van der Waals surface area (Å²) in [7, 11) is 2.02. The molecule has 0 unspecified atom stereocenters. The zero-order valence-corrected chi connectivity index (χ0v) is 5.35. The molecule has 0 aliphatic heterocycles. The molecule has 0 aliphatic carbocycles. The maximum atomic E-state index is 5.22. The molecule has 0 saturated carbocycles. The minimum atomic E-state index is 1.03. The zero-order valence-electron chi connectivity index (χ0n) is 5.35. The highest BCUT2D eigenvalue weighted by Crippen LogP contribution is 1.97. The zero-order chi connectivity index (χ0) is 6.41. The van der Waals surface area contributed by atoms with Crippen molar-refractivity contribution in [2.75, 3.05) is 0 Å². The maximum absolute atomic E-state index is 5.22. The average molecular weight is 109 g/mol. The van der Waals surface area contributed by atoms with Crippen molar-refractivity contribution >= 4 is 7.85 Å². The molecule has 0 aliphatic rings. The van der Waals surface area contributed by atoms with Gasteiger partial charge in [0.05, 0.1) is 0 Å². The Labute approximate surface area is 51.7 Å². The first-order valence-electron chi connectivity index (χ1n) is 2.79. The van der Waals surface area contributed by atoms with E-state index in [9.17, 15) is 0 Å². The lowest BCUT2D eigenvalue weighted by Crippen LogP contribution is -1.87. The van der Waals surface area contributed by atoms with Gasteiger partial charge < -0.3 is 5.73 Å². The monoisotopic (exact) mass is 109 g/mol. The molecule has 0 atom stereocenters. The molecule has 0 fully saturated rings. The highest BCUT2D eigenvalue weighted by atomic mass is 14.5. The molecule has 0 bridgehead atoms. The molecular weight excluding hydrogens is 96.9 g/mol. The Morgan fingerprint density at radius 3 is 2.75 bits per heavy atom. The second-order valence-electron chi connectivity index (χ2n) is 1.84. The third kappa shape index (κ3) is 3.53. The van der Waals surface area contributed by atoms with Crippen LogP contribution in [0.5, 0.6) is 0 Å². The van der Waals surface area contributed by atoms with E-state index in [4.69, 9.17) is 5.73 Å². The molecule has 0 aromatic rings. The van der Waals surface area contributed by atoms with Gasteiger partial charge in [0.25, 0.3) is 0 Å². The summed E-state index contributed by atoms with van der Waals surface area (Å²) in [6.07, 6.45) is 5.61. The van der Waals surface area contributed by atoms with Crippen LogP contribution in [0.1, 0.15) is 12.8 Å². The van der Waals surface area contributed by atoms with Crippen LogP contribution in [-0.4, -0.2) is 7.85 Å². The van der Waals surface area contributed by atoms with Crippen molar-refractivity contribution in [3.05, 3.63) is 24.3 Å². The standard InChI is InChI=1S/C6H12BN/c1-2-3-4-6(7)5-8/h2,5H,1,3-4,7-8H2/b6-5+. The van der Waals surface area contributed by atoms with Crippen LogP contribution in [0.4, 0.5) is 0 Å². The molecule has 2 N–H and O–H groups in total. The van der Waals surface area contributed by atoms with Gasteiger partial charge in [-0.05, 0) is 19.0 Å². The summed E-state index contributed by atoms with van der Waals surface area (Å²) in [5, 5.41) is 0. The highest BCUT2D eigenvalue weighted by Gasteiger charge is 1.82. The van der Waals surface area contributed by atoms with Gasteiger partial charge in [0.1, 0.15) is 7.85 Å². The van der Waals surface area contributed by atoms with Crippen molar-refractivity contribution in [1.29, 1.82) is 0 Å². The van der Waals surface area contributed by atoms with Gasteiger partial charge in [0.2, 0.25) is 0 Å². The van der Waals surface area contributed by atoms with Gasteiger partial charge in [-0.3, -0.25) is 0 Å². The molecule has 1 nitrogen and oxygen atoms in total. The predicted molar refractivity (Wildman–Crippen MR) is 40.2 cm³/mol. The maximum Gasteiger partial charge on any atom is 0.135 e. The Hall–Kier alpha value is -0.655. The normalized spacial score (nSPS) is 11.2. The quantitative estimate of drug-likeness (QED) is 0.411. The molecular formula is C6H12BN. The van der Waals surface area contributed by atoms with Crippen LogP contribution in [0, 0.1) is 0 Å². The molecule has 0 spiro atoms. The van der Waals surface area contributed by atoms with E-state index in [0.717, 1.165) is 12.8 Å². The van der Waals surface area contributed by atoms with Gasteiger partial charge >= 0.3 is 0 Å². The Balaban J connectivity index is 3.24. The molecule has 8 heavy (non-hydrogen) atoms. The van der Waals surface area contributed by atoms with Gasteiger partial charge in [-0.25, -0.2) is 0 Å². The van der Waals surface area contributed by atoms with E-state index in [0.29, 0.717) is 0 Å². The second kappa shape index (κ2) is 4.50. The van der Waals surface area contributed by atoms with E-state index >= 15 is 0 Å². The third-order valence-electron chi connectivity index (χ3n) is 1.03. The van der Waals surface area contributed by atoms with Crippen molar-refractivity contribution in [2.24, 2.45) is 5.73 Å². The van der Waals surface area contributed by atoms with Crippen LogP contribution in [0.3, 0.4) is 0 Å². The molecule has 2 heteroatoms. The fourth-order valence-corrected chi connectivity index (χ4v) is 0.413. The Bertz CT molecular complexity index is 96.7. The molecule has 0 rings (SSSR count). The number of nitrogens with two attached hydrogens (primary N) is 1. The molecule has 0 amide bonds. The molecule has 0 heterocycles. The largest absolute Gasteiger partial charge is 0.405 e. The summed E-state index contributed by atoms with van der Waals surface area (Å²) >= 11 is 0. The number of allylic oxidation sites excluding steroid dienone is 2. The Morgan fingerprint density at radius 1 is 1.75 bits per heavy atom. The van der Waals surface area contributed by atoms with Gasteiger partial charge in [-0.2, -0.15) is 0 Å². The summed E-state index contributed by atoms with van der Waals surface area (Å²) in [5.41, 5.74) is 6.44. The SMILES string of the molecule is B/C(=C/N)CCC=C. The summed E-state index contributed by atoms with van der Waals surface area (Å²) in [6, 6.07) is 0. The molecule has 0 saturated heterocycles. The van der Waals surface area contributed by atoms with Crippen molar-refractivity contribution in [2.45, 2.75) is 12.8 Å². The molecule has 0 aromatic heterocycles. The predicted octanol–water partition coefficient (Wildman–Crippen LogP) is 0.386. The minimum absolute atomic E-state index is 1.03. The Kier molecular flexibility index (Phi) is 4.13.